The van der Waals surface area contributed by atoms with Gasteiger partial charge >= 0.3 is 6.01 Å². The summed E-state index contributed by atoms with van der Waals surface area (Å²) in [6.07, 6.45) is 2.14. The molecule has 1 aliphatic carbocycles. The average molecular weight is 297 g/mol. The predicted octanol–water partition coefficient (Wildman–Crippen LogP) is 1.04. The largest absolute Gasteiger partial charge is 0.459 e. The molecule has 1 saturated heterocycles. The first kappa shape index (κ1) is 13.8. The van der Waals surface area contributed by atoms with Gasteiger partial charge in [0, 0.05) is 17.9 Å². The first-order valence-electron chi connectivity index (χ1n) is 6.93. The van der Waals surface area contributed by atoms with Crippen molar-refractivity contribution < 1.29 is 13.2 Å². The van der Waals surface area contributed by atoms with Crippen molar-refractivity contribution in [3.63, 3.8) is 0 Å². The van der Waals surface area contributed by atoms with E-state index in [1.54, 1.807) is 4.31 Å². The predicted molar refractivity (Wildman–Crippen MR) is 74.1 cm³/mol. The Bertz CT molecular complexity index is 593. The first-order valence-corrected chi connectivity index (χ1v) is 8.43. The minimum atomic E-state index is -3.09. The molecule has 110 valence electrons. The molecule has 0 bridgehead atoms. The normalized spacial score (nSPS) is 24.0. The van der Waals surface area contributed by atoms with Crippen LogP contribution >= 0.6 is 0 Å². The highest BCUT2D eigenvalue weighted by atomic mass is 32.2. The van der Waals surface area contributed by atoms with Gasteiger partial charge in [0.15, 0.2) is 0 Å². The molecule has 1 atom stereocenters. The third-order valence-electron chi connectivity index (χ3n) is 3.65. The Morgan fingerprint density at radius 1 is 1.20 bits per heavy atom. The van der Waals surface area contributed by atoms with Crippen molar-refractivity contribution in [2.24, 2.45) is 0 Å². The number of aromatic nitrogens is 2. The van der Waals surface area contributed by atoms with Crippen LogP contribution in [0.2, 0.25) is 0 Å². The molecule has 1 aliphatic heterocycles. The molecule has 20 heavy (non-hydrogen) atoms. The van der Waals surface area contributed by atoms with E-state index in [2.05, 4.69) is 9.97 Å². The van der Waals surface area contributed by atoms with Crippen molar-refractivity contribution in [2.75, 3.05) is 13.1 Å². The van der Waals surface area contributed by atoms with Crippen LogP contribution < -0.4 is 4.74 Å². The van der Waals surface area contributed by atoms with Crippen LogP contribution in [0.1, 0.15) is 30.7 Å². The van der Waals surface area contributed by atoms with E-state index in [0.717, 1.165) is 24.2 Å². The van der Waals surface area contributed by atoms with Gasteiger partial charge in [-0.1, -0.05) is 0 Å². The van der Waals surface area contributed by atoms with E-state index >= 15 is 0 Å². The molecule has 0 amide bonds. The van der Waals surface area contributed by atoms with Crippen molar-refractivity contribution in [3.8, 4) is 6.01 Å². The molecule has 0 radical (unpaired) electrons. The summed E-state index contributed by atoms with van der Waals surface area (Å²) in [6.45, 7) is 4.73. The van der Waals surface area contributed by atoms with Gasteiger partial charge in [-0.05, 0) is 39.2 Å². The fraction of sp³-hybridized carbons (Fsp3) is 0.692. The highest BCUT2D eigenvalue weighted by molar-refractivity contribution is 7.90. The van der Waals surface area contributed by atoms with Crippen LogP contribution in [0.5, 0.6) is 6.01 Å². The Kier molecular flexibility index (Phi) is 3.41. The van der Waals surface area contributed by atoms with E-state index in [4.69, 9.17) is 4.74 Å². The van der Waals surface area contributed by atoms with Gasteiger partial charge in [0.25, 0.3) is 0 Å². The lowest BCUT2D eigenvalue weighted by atomic mass is 10.3. The minimum absolute atomic E-state index is 0.148. The topological polar surface area (TPSA) is 72.4 Å². The zero-order chi connectivity index (χ0) is 14.3. The third-order valence-corrected chi connectivity index (χ3v) is 6.01. The molecule has 0 spiro atoms. The summed E-state index contributed by atoms with van der Waals surface area (Å²) < 4.78 is 31.6. The number of sulfonamides is 1. The quantitative estimate of drug-likeness (QED) is 0.830. The molecule has 2 aliphatic rings. The first-order chi connectivity index (χ1) is 9.45. The summed E-state index contributed by atoms with van der Waals surface area (Å²) in [5.41, 5.74) is 1.71. The number of hydrogen-bond acceptors (Lipinski definition) is 5. The second-order valence-electron chi connectivity index (χ2n) is 5.56. The highest BCUT2D eigenvalue weighted by Crippen LogP contribution is 2.33. The van der Waals surface area contributed by atoms with Gasteiger partial charge < -0.3 is 4.74 Å². The lowest BCUT2D eigenvalue weighted by Gasteiger charge is -2.16. The average Bonchev–Trinajstić information content (AvgIpc) is 3.10. The van der Waals surface area contributed by atoms with E-state index in [9.17, 15) is 8.42 Å². The van der Waals surface area contributed by atoms with Gasteiger partial charge in [0.05, 0.1) is 11.8 Å². The van der Waals surface area contributed by atoms with E-state index in [0.29, 0.717) is 25.5 Å². The van der Waals surface area contributed by atoms with E-state index in [1.165, 1.54) is 0 Å². The van der Waals surface area contributed by atoms with Gasteiger partial charge in [-0.25, -0.2) is 18.4 Å². The summed E-state index contributed by atoms with van der Waals surface area (Å²) in [6, 6.07) is 2.23. The molecular weight excluding hydrogens is 278 g/mol. The number of rotatable bonds is 4. The maximum absolute atomic E-state index is 12.1. The van der Waals surface area contributed by atoms with Crippen LogP contribution in [0.25, 0.3) is 0 Å². The number of ether oxygens (including phenoxy) is 1. The molecule has 0 unspecified atom stereocenters. The Hall–Kier alpha value is -1.21. The van der Waals surface area contributed by atoms with Gasteiger partial charge in [-0.2, -0.15) is 4.31 Å². The maximum Gasteiger partial charge on any atom is 0.317 e. The van der Waals surface area contributed by atoms with Crippen LogP contribution in [-0.4, -0.2) is 47.1 Å². The maximum atomic E-state index is 12.1. The van der Waals surface area contributed by atoms with Crippen molar-refractivity contribution in [2.45, 2.75) is 44.5 Å². The second kappa shape index (κ2) is 4.96. The monoisotopic (exact) mass is 297 g/mol. The molecule has 1 aromatic heterocycles. The van der Waals surface area contributed by atoms with Crippen molar-refractivity contribution >= 4 is 10.0 Å². The van der Waals surface area contributed by atoms with Gasteiger partial charge in [0.2, 0.25) is 10.0 Å². The summed E-state index contributed by atoms with van der Waals surface area (Å²) in [5.74, 6) is 0. The fourth-order valence-corrected chi connectivity index (χ4v) is 4.38. The number of aryl methyl sites for hydroxylation is 2. The lowest BCUT2D eigenvalue weighted by molar-refractivity contribution is 0.197. The van der Waals surface area contributed by atoms with Crippen LogP contribution in [0, 0.1) is 13.8 Å². The van der Waals surface area contributed by atoms with Crippen molar-refractivity contribution in [1.82, 2.24) is 14.3 Å². The highest BCUT2D eigenvalue weighted by Gasteiger charge is 2.43. The molecule has 2 fully saturated rings. The minimum Gasteiger partial charge on any atom is -0.459 e. The lowest BCUT2D eigenvalue weighted by Crippen LogP contribution is -2.33. The third kappa shape index (κ3) is 2.78. The molecule has 2 heterocycles. The van der Waals surface area contributed by atoms with Crippen molar-refractivity contribution in [1.29, 1.82) is 0 Å². The van der Waals surface area contributed by atoms with Crippen LogP contribution in [0.3, 0.4) is 0 Å². The molecule has 7 heteroatoms. The molecular formula is C13H19N3O3S. The Morgan fingerprint density at radius 3 is 2.45 bits per heavy atom. The fourth-order valence-electron chi connectivity index (χ4n) is 2.50. The summed E-state index contributed by atoms with van der Waals surface area (Å²) >= 11 is 0. The molecule has 6 nitrogen and oxygen atoms in total. The van der Waals surface area contributed by atoms with Gasteiger partial charge in [-0.3, -0.25) is 0 Å². The Labute approximate surface area is 119 Å². The van der Waals surface area contributed by atoms with Gasteiger partial charge in [0.1, 0.15) is 6.10 Å². The van der Waals surface area contributed by atoms with Crippen LogP contribution in [0.15, 0.2) is 6.07 Å². The summed E-state index contributed by atoms with van der Waals surface area (Å²) in [5, 5.41) is -0.154. The SMILES string of the molecule is Cc1cc(C)nc(O[C@H]2CCN(S(=O)(=O)C3CC3)C2)n1. The zero-order valence-electron chi connectivity index (χ0n) is 11.7. The van der Waals surface area contributed by atoms with Crippen LogP contribution in [0.4, 0.5) is 0 Å². The summed E-state index contributed by atoms with van der Waals surface area (Å²) in [4.78, 5) is 8.46. The smallest absolute Gasteiger partial charge is 0.317 e. The Morgan fingerprint density at radius 2 is 1.85 bits per heavy atom. The van der Waals surface area contributed by atoms with Gasteiger partial charge in [-0.15, -0.1) is 0 Å². The molecule has 0 aromatic carbocycles. The van der Waals surface area contributed by atoms with Crippen LogP contribution in [-0.2, 0) is 10.0 Å². The summed E-state index contributed by atoms with van der Waals surface area (Å²) in [7, 11) is -3.09. The standard InChI is InChI=1S/C13H19N3O3S/c1-9-7-10(2)15-13(14-9)19-11-5-6-16(8-11)20(17,18)12-3-4-12/h7,11-12H,3-6,8H2,1-2H3/t11-/m0/s1. The van der Waals surface area contributed by atoms with E-state index in [1.807, 2.05) is 19.9 Å². The van der Waals surface area contributed by atoms with E-state index in [-0.39, 0.29) is 11.4 Å². The molecule has 3 rings (SSSR count). The number of hydrogen-bond donors (Lipinski definition) is 0. The second-order valence-corrected chi connectivity index (χ2v) is 7.78. The zero-order valence-corrected chi connectivity index (χ0v) is 12.6. The molecule has 0 N–H and O–H groups in total. The van der Waals surface area contributed by atoms with Crippen molar-refractivity contribution in [3.05, 3.63) is 17.5 Å². The number of nitrogens with zero attached hydrogens (tertiary/aromatic N) is 3. The Balaban J connectivity index is 1.65. The molecule has 1 saturated carbocycles. The van der Waals surface area contributed by atoms with E-state index < -0.39 is 10.0 Å². The molecule has 1 aromatic rings.